The number of carbonyl (C=O) groups is 2. The highest BCUT2D eigenvalue weighted by molar-refractivity contribution is 5.78. The minimum atomic E-state index is -0.242. The standard InChI is InChI=1S/C20H29N3O4/c1-3-23(4-2)18(24)9-10-21-20(25)22-19(14-5-6-14)15-7-8-16-17(13-15)27-12-11-26-16/h7-8,13-14,19H,3-6,9-12H2,1-2H3,(H2,21,22,25)/t19-/m0/s1. The summed E-state index contributed by atoms with van der Waals surface area (Å²) < 4.78 is 11.2. The molecule has 2 aliphatic rings. The molecule has 0 saturated heterocycles. The normalized spacial score (nSPS) is 16.4. The summed E-state index contributed by atoms with van der Waals surface area (Å²) in [6, 6.07) is 5.55. The van der Waals surface area contributed by atoms with Crippen molar-refractivity contribution in [3.05, 3.63) is 23.8 Å². The number of rotatable bonds is 8. The average molecular weight is 375 g/mol. The van der Waals surface area contributed by atoms with Crippen LogP contribution in [0.4, 0.5) is 4.79 Å². The molecule has 0 unspecified atom stereocenters. The summed E-state index contributed by atoms with van der Waals surface area (Å²) in [6.07, 6.45) is 2.51. The summed E-state index contributed by atoms with van der Waals surface area (Å²) in [5.74, 6) is 1.98. The molecule has 1 atom stereocenters. The first-order chi connectivity index (χ1) is 13.1. The lowest BCUT2D eigenvalue weighted by Gasteiger charge is -2.23. The molecule has 0 bridgehead atoms. The maximum absolute atomic E-state index is 12.3. The molecular weight excluding hydrogens is 346 g/mol. The third-order valence-corrected chi connectivity index (χ3v) is 5.05. The SMILES string of the molecule is CCN(CC)C(=O)CCNC(=O)N[C@H](c1ccc2c(c1)OCCO2)C1CC1. The molecule has 2 N–H and O–H groups in total. The van der Waals surface area contributed by atoms with Crippen LogP contribution in [0.25, 0.3) is 0 Å². The molecule has 148 valence electrons. The van der Waals surface area contributed by atoms with Gasteiger partial charge >= 0.3 is 6.03 Å². The van der Waals surface area contributed by atoms with Gasteiger partial charge in [0.2, 0.25) is 5.91 Å². The first-order valence-electron chi connectivity index (χ1n) is 9.84. The van der Waals surface area contributed by atoms with Crippen LogP contribution in [0.3, 0.4) is 0 Å². The first kappa shape index (κ1) is 19.3. The monoisotopic (exact) mass is 375 g/mol. The second-order valence-electron chi connectivity index (χ2n) is 6.93. The molecule has 0 spiro atoms. The van der Waals surface area contributed by atoms with Gasteiger partial charge in [0.15, 0.2) is 11.5 Å². The van der Waals surface area contributed by atoms with E-state index < -0.39 is 0 Å². The molecule has 0 radical (unpaired) electrons. The van der Waals surface area contributed by atoms with Crippen molar-refractivity contribution in [1.29, 1.82) is 0 Å². The van der Waals surface area contributed by atoms with E-state index in [1.165, 1.54) is 0 Å². The minimum absolute atomic E-state index is 0.0562. The highest BCUT2D eigenvalue weighted by atomic mass is 16.6. The van der Waals surface area contributed by atoms with Crippen molar-refractivity contribution >= 4 is 11.9 Å². The Bertz CT molecular complexity index is 671. The zero-order valence-corrected chi connectivity index (χ0v) is 16.1. The predicted molar refractivity (Wildman–Crippen MR) is 102 cm³/mol. The van der Waals surface area contributed by atoms with Crippen molar-refractivity contribution in [2.24, 2.45) is 5.92 Å². The molecule has 1 aliphatic carbocycles. The number of hydrogen-bond donors (Lipinski definition) is 2. The van der Waals surface area contributed by atoms with Crippen LogP contribution >= 0.6 is 0 Å². The topological polar surface area (TPSA) is 79.9 Å². The van der Waals surface area contributed by atoms with E-state index in [1.807, 2.05) is 32.0 Å². The number of nitrogens with zero attached hydrogens (tertiary/aromatic N) is 1. The van der Waals surface area contributed by atoms with Gasteiger partial charge in [-0.15, -0.1) is 0 Å². The molecular formula is C20H29N3O4. The van der Waals surface area contributed by atoms with Gasteiger partial charge in [-0.1, -0.05) is 6.07 Å². The van der Waals surface area contributed by atoms with Crippen LogP contribution in [0.2, 0.25) is 0 Å². The first-order valence-corrected chi connectivity index (χ1v) is 9.84. The lowest BCUT2D eigenvalue weighted by molar-refractivity contribution is -0.130. The molecule has 7 nitrogen and oxygen atoms in total. The Kier molecular flexibility index (Phi) is 6.42. The summed E-state index contributed by atoms with van der Waals surface area (Å²) in [6.45, 7) is 6.72. The van der Waals surface area contributed by atoms with Gasteiger partial charge < -0.3 is 25.0 Å². The molecule has 7 heteroatoms. The molecule has 0 aromatic heterocycles. The molecule has 27 heavy (non-hydrogen) atoms. The van der Waals surface area contributed by atoms with Crippen molar-refractivity contribution in [2.75, 3.05) is 32.8 Å². The number of amides is 3. The van der Waals surface area contributed by atoms with Crippen molar-refractivity contribution in [3.63, 3.8) is 0 Å². The minimum Gasteiger partial charge on any atom is -0.486 e. The van der Waals surface area contributed by atoms with Crippen molar-refractivity contribution < 1.29 is 19.1 Å². The Morgan fingerprint density at radius 1 is 1.15 bits per heavy atom. The lowest BCUT2D eigenvalue weighted by atomic mass is 10.0. The van der Waals surface area contributed by atoms with E-state index in [2.05, 4.69) is 10.6 Å². The van der Waals surface area contributed by atoms with Gasteiger partial charge in [-0.05, 0) is 50.3 Å². The maximum Gasteiger partial charge on any atom is 0.315 e. The molecule has 1 aliphatic heterocycles. The molecule has 1 aromatic rings. The average Bonchev–Trinajstić information content (AvgIpc) is 3.52. The van der Waals surface area contributed by atoms with Crippen molar-refractivity contribution in [2.45, 2.75) is 39.2 Å². The molecule has 1 saturated carbocycles. The lowest BCUT2D eigenvalue weighted by Crippen LogP contribution is -2.41. The van der Waals surface area contributed by atoms with E-state index in [4.69, 9.17) is 9.47 Å². The van der Waals surface area contributed by atoms with Crippen LogP contribution in [-0.4, -0.2) is 49.7 Å². The van der Waals surface area contributed by atoms with Crippen LogP contribution < -0.4 is 20.1 Å². The molecule has 3 amide bonds. The number of carbonyl (C=O) groups excluding carboxylic acids is 2. The van der Waals surface area contributed by atoms with E-state index in [-0.39, 0.29) is 18.0 Å². The largest absolute Gasteiger partial charge is 0.486 e. The van der Waals surface area contributed by atoms with Gasteiger partial charge in [0, 0.05) is 26.1 Å². The zero-order valence-electron chi connectivity index (χ0n) is 16.1. The number of ether oxygens (including phenoxy) is 2. The Morgan fingerprint density at radius 2 is 1.85 bits per heavy atom. The maximum atomic E-state index is 12.3. The van der Waals surface area contributed by atoms with Crippen LogP contribution in [0.15, 0.2) is 18.2 Å². The fourth-order valence-electron chi connectivity index (χ4n) is 3.37. The van der Waals surface area contributed by atoms with Crippen molar-refractivity contribution in [1.82, 2.24) is 15.5 Å². The van der Waals surface area contributed by atoms with Crippen LogP contribution in [0.1, 0.15) is 44.7 Å². The fourth-order valence-corrected chi connectivity index (χ4v) is 3.37. The van der Waals surface area contributed by atoms with E-state index >= 15 is 0 Å². The second kappa shape index (κ2) is 8.97. The van der Waals surface area contributed by atoms with Crippen LogP contribution in [-0.2, 0) is 4.79 Å². The Labute approximate surface area is 160 Å². The number of nitrogens with one attached hydrogen (secondary N) is 2. The molecule has 1 heterocycles. The highest BCUT2D eigenvalue weighted by Crippen LogP contribution is 2.43. The Balaban J connectivity index is 1.54. The third-order valence-electron chi connectivity index (χ3n) is 5.05. The van der Waals surface area contributed by atoms with Gasteiger partial charge in [0.1, 0.15) is 13.2 Å². The molecule has 1 fully saturated rings. The van der Waals surface area contributed by atoms with Gasteiger partial charge in [-0.2, -0.15) is 0 Å². The Morgan fingerprint density at radius 3 is 2.52 bits per heavy atom. The molecule has 1 aromatic carbocycles. The Hall–Kier alpha value is -2.44. The summed E-state index contributed by atoms with van der Waals surface area (Å²) in [7, 11) is 0. The second-order valence-corrected chi connectivity index (χ2v) is 6.93. The van der Waals surface area contributed by atoms with Gasteiger partial charge in [-0.3, -0.25) is 4.79 Å². The van der Waals surface area contributed by atoms with Crippen LogP contribution in [0.5, 0.6) is 11.5 Å². The molecule has 3 rings (SSSR count). The quantitative estimate of drug-likeness (QED) is 0.731. The number of fused-ring (bicyclic) bond motifs is 1. The van der Waals surface area contributed by atoms with Crippen molar-refractivity contribution in [3.8, 4) is 11.5 Å². The summed E-state index contributed by atoms with van der Waals surface area (Å²) in [5, 5.41) is 5.87. The van der Waals surface area contributed by atoms with E-state index in [9.17, 15) is 9.59 Å². The van der Waals surface area contributed by atoms with Crippen LogP contribution in [0, 0.1) is 5.92 Å². The summed E-state index contributed by atoms with van der Waals surface area (Å²) in [4.78, 5) is 26.1. The van der Waals surface area contributed by atoms with Gasteiger partial charge in [0.25, 0.3) is 0 Å². The number of benzene rings is 1. The highest BCUT2D eigenvalue weighted by Gasteiger charge is 2.34. The van der Waals surface area contributed by atoms with Gasteiger partial charge in [-0.25, -0.2) is 4.79 Å². The number of hydrogen-bond acceptors (Lipinski definition) is 4. The predicted octanol–water partition coefficient (Wildman–Crippen LogP) is 2.47. The van der Waals surface area contributed by atoms with Gasteiger partial charge in [0.05, 0.1) is 6.04 Å². The smallest absolute Gasteiger partial charge is 0.315 e. The summed E-state index contributed by atoms with van der Waals surface area (Å²) >= 11 is 0. The third kappa shape index (κ3) is 5.05. The fraction of sp³-hybridized carbons (Fsp3) is 0.600. The van der Waals surface area contributed by atoms with E-state index in [1.54, 1.807) is 4.90 Å². The zero-order chi connectivity index (χ0) is 19.2. The van der Waals surface area contributed by atoms with E-state index in [0.29, 0.717) is 45.2 Å². The summed E-state index contributed by atoms with van der Waals surface area (Å²) in [5.41, 5.74) is 1.02. The van der Waals surface area contributed by atoms with E-state index in [0.717, 1.165) is 29.9 Å². The number of urea groups is 1.